The van der Waals surface area contributed by atoms with Crippen LogP contribution in [-0.4, -0.2) is 44.3 Å². The quantitative estimate of drug-likeness (QED) is 0.509. The third kappa shape index (κ3) is 5.26. The summed E-state index contributed by atoms with van der Waals surface area (Å²) in [6, 6.07) is 9.56. The van der Waals surface area contributed by atoms with Gasteiger partial charge in [-0.1, -0.05) is 25.0 Å². The minimum absolute atomic E-state index is 0.0630. The number of hydrogen-bond donors (Lipinski definition) is 1. The number of nitrogens with zero attached hydrogens (tertiary/aromatic N) is 1. The van der Waals surface area contributed by atoms with E-state index in [2.05, 4.69) is 5.32 Å². The molecule has 0 radical (unpaired) electrons. The molecule has 2 aliphatic rings. The number of amides is 1. The molecular formula is C24H26N2O6S. The largest absolute Gasteiger partial charge is 0.454 e. The van der Waals surface area contributed by atoms with E-state index in [1.165, 1.54) is 13.0 Å². The van der Waals surface area contributed by atoms with Crippen LogP contribution in [-0.2, 0) is 14.8 Å². The van der Waals surface area contributed by atoms with Crippen LogP contribution in [0.1, 0.15) is 48.5 Å². The fraction of sp³-hybridized carbons (Fsp3) is 0.333. The first-order chi connectivity index (χ1) is 15.8. The number of hydrogen-bond acceptors (Lipinski definition) is 6. The highest BCUT2D eigenvalue weighted by molar-refractivity contribution is 7.89. The van der Waals surface area contributed by atoms with Crippen LogP contribution in [0.2, 0.25) is 0 Å². The molecule has 8 nitrogen and oxygen atoms in total. The van der Waals surface area contributed by atoms with Crippen molar-refractivity contribution in [2.45, 2.75) is 37.5 Å². The lowest BCUT2D eigenvalue weighted by Gasteiger charge is -2.19. The number of fused-ring (bicyclic) bond motifs is 1. The van der Waals surface area contributed by atoms with Crippen LogP contribution in [0.25, 0.3) is 6.08 Å². The van der Waals surface area contributed by atoms with E-state index in [9.17, 15) is 18.0 Å². The van der Waals surface area contributed by atoms with Crippen molar-refractivity contribution in [2.24, 2.45) is 0 Å². The van der Waals surface area contributed by atoms with Gasteiger partial charge in [-0.15, -0.1) is 0 Å². The summed E-state index contributed by atoms with van der Waals surface area (Å²) in [4.78, 5) is 24.6. The van der Waals surface area contributed by atoms with E-state index in [0.29, 0.717) is 41.4 Å². The van der Waals surface area contributed by atoms with Gasteiger partial charge in [0.25, 0.3) is 0 Å². The summed E-state index contributed by atoms with van der Waals surface area (Å²) in [5, 5.41) is 2.69. The summed E-state index contributed by atoms with van der Waals surface area (Å²) in [6.07, 6.45) is 6.77. The Hall–Kier alpha value is -3.17. The number of carbonyl (C=O) groups excluding carboxylic acids is 2. The Morgan fingerprint density at radius 3 is 2.24 bits per heavy atom. The van der Waals surface area contributed by atoms with Gasteiger partial charge in [-0.05, 0) is 49.6 Å². The van der Waals surface area contributed by atoms with Crippen LogP contribution < -0.4 is 14.8 Å². The fourth-order valence-corrected chi connectivity index (χ4v) is 5.38. The van der Waals surface area contributed by atoms with Crippen molar-refractivity contribution in [3.63, 3.8) is 0 Å². The van der Waals surface area contributed by atoms with E-state index in [-0.39, 0.29) is 17.5 Å². The number of Topliss-reactive ketones (excluding diaryl/α,β-unsaturated/α-hetero) is 1. The van der Waals surface area contributed by atoms with Crippen LogP contribution in [0.15, 0.2) is 47.4 Å². The predicted octanol–water partition coefficient (Wildman–Crippen LogP) is 3.83. The zero-order valence-corrected chi connectivity index (χ0v) is 19.2. The first-order valence-corrected chi connectivity index (χ1v) is 12.3. The predicted molar refractivity (Wildman–Crippen MR) is 124 cm³/mol. The monoisotopic (exact) mass is 470 g/mol. The van der Waals surface area contributed by atoms with Crippen LogP contribution >= 0.6 is 0 Å². The Balaban J connectivity index is 1.44. The Labute approximate surface area is 193 Å². The average Bonchev–Trinajstić information content (AvgIpc) is 3.07. The zero-order chi connectivity index (χ0) is 23.4. The molecule has 0 unspecified atom stereocenters. The first-order valence-electron chi connectivity index (χ1n) is 10.9. The molecule has 2 aromatic carbocycles. The maximum atomic E-state index is 12.9. The third-order valence-electron chi connectivity index (χ3n) is 5.66. The molecule has 1 saturated heterocycles. The highest BCUT2D eigenvalue weighted by Gasteiger charge is 2.25. The van der Waals surface area contributed by atoms with Gasteiger partial charge < -0.3 is 14.8 Å². The Kier molecular flexibility index (Phi) is 6.80. The number of nitrogens with one attached hydrogen (secondary N) is 1. The molecule has 2 aliphatic heterocycles. The summed E-state index contributed by atoms with van der Waals surface area (Å²) in [7, 11) is -3.52. The molecule has 0 bridgehead atoms. The Bertz CT molecular complexity index is 1180. The topological polar surface area (TPSA) is 102 Å². The van der Waals surface area contributed by atoms with Crippen molar-refractivity contribution in [1.29, 1.82) is 0 Å². The highest BCUT2D eigenvalue weighted by atomic mass is 32.2. The molecular weight excluding hydrogens is 444 g/mol. The normalized spacial score (nSPS) is 16.5. The molecule has 174 valence electrons. The Morgan fingerprint density at radius 2 is 1.61 bits per heavy atom. The van der Waals surface area contributed by atoms with Gasteiger partial charge in [0.1, 0.15) is 0 Å². The molecule has 1 amide bonds. The van der Waals surface area contributed by atoms with E-state index in [1.54, 1.807) is 46.8 Å². The van der Waals surface area contributed by atoms with Crippen molar-refractivity contribution in [3.8, 4) is 11.5 Å². The summed E-state index contributed by atoms with van der Waals surface area (Å²) in [5.74, 6) is 0.274. The second-order valence-electron chi connectivity index (χ2n) is 8.02. The molecule has 1 N–H and O–H groups in total. The van der Waals surface area contributed by atoms with E-state index in [1.807, 2.05) is 0 Å². The van der Waals surface area contributed by atoms with Crippen molar-refractivity contribution in [1.82, 2.24) is 4.31 Å². The SMILES string of the molecule is CC(=O)c1cc2c(cc1NC(=O)/C=C/c1ccc(S(=O)(=O)N3CCCCCC3)cc1)OCO2. The number of anilines is 1. The van der Waals surface area contributed by atoms with Crippen LogP contribution in [0.3, 0.4) is 0 Å². The molecule has 1 fully saturated rings. The lowest BCUT2D eigenvalue weighted by molar-refractivity contribution is -0.111. The van der Waals surface area contributed by atoms with Gasteiger partial charge in [0, 0.05) is 30.8 Å². The summed E-state index contributed by atoms with van der Waals surface area (Å²) in [6.45, 7) is 2.57. The standard InChI is InChI=1S/C24H26N2O6S/c1-17(27)20-14-22-23(32-16-31-22)15-21(20)25-24(28)11-8-18-6-9-19(10-7-18)33(29,30)26-12-4-2-3-5-13-26/h6-11,14-15H,2-5,12-13,16H2,1H3,(H,25,28)/b11-8+. The maximum Gasteiger partial charge on any atom is 0.248 e. The summed E-state index contributed by atoms with van der Waals surface area (Å²) < 4.78 is 37.9. The Morgan fingerprint density at radius 1 is 0.970 bits per heavy atom. The lowest BCUT2D eigenvalue weighted by Crippen LogP contribution is -2.31. The number of rotatable bonds is 6. The van der Waals surface area contributed by atoms with E-state index < -0.39 is 15.9 Å². The molecule has 0 saturated carbocycles. The average molecular weight is 471 g/mol. The van der Waals surface area contributed by atoms with Gasteiger partial charge >= 0.3 is 0 Å². The highest BCUT2D eigenvalue weighted by Crippen LogP contribution is 2.37. The number of benzene rings is 2. The van der Waals surface area contributed by atoms with E-state index >= 15 is 0 Å². The maximum absolute atomic E-state index is 12.9. The zero-order valence-electron chi connectivity index (χ0n) is 18.4. The number of ether oxygens (including phenoxy) is 2. The van der Waals surface area contributed by atoms with E-state index in [0.717, 1.165) is 25.7 Å². The molecule has 33 heavy (non-hydrogen) atoms. The van der Waals surface area contributed by atoms with Crippen molar-refractivity contribution < 1.29 is 27.5 Å². The number of carbonyl (C=O) groups is 2. The number of sulfonamides is 1. The molecule has 2 heterocycles. The molecule has 0 spiro atoms. The fourth-order valence-electron chi connectivity index (χ4n) is 3.86. The molecule has 0 aromatic heterocycles. The second-order valence-corrected chi connectivity index (χ2v) is 9.96. The number of ketones is 1. The molecule has 2 aromatic rings. The summed E-state index contributed by atoms with van der Waals surface area (Å²) in [5.41, 5.74) is 1.34. The van der Waals surface area contributed by atoms with E-state index in [4.69, 9.17) is 9.47 Å². The summed E-state index contributed by atoms with van der Waals surface area (Å²) >= 11 is 0. The minimum atomic E-state index is -3.52. The van der Waals surface area contributed by atoms with Crippen LogP contribution in [0, 0.1) is 0 Å². The first kappa shape index (κ1) is 23.0. The third-order valence-corrected chi connectivity index (χ3v) is 7.57. The molecule has 9 heteroatoms. The van der Waals surface area contributed by atoms with Gasteiger partial charge in [-0.25, -0.2) is 8.42 Å². The molecule has 0 aliphatic carbocycles. The van der Waals surface area contributed by atoms with Gasteiger partial charge in [-0.2, -0.15) is 4.31 Å². The van der Waals surface area contributed by atoms with Gasteiger partial charge in [-0.3, -0.25) is 9.59 Å². The van der Waals surface area contributed by atoms with Crippen LogP contribution in [0.5, 0.6) is 11.5 Å². The van der Waals surface area contributed by atoms with Crippen LogP contribution in [0.4, 0.5) is 5.69 Å². The minimum Gasteiger partial charge on any atom is -0.454 e. The van der Waals surface area contributed by atoms with Crippen molar-refractivity contribution >= 4 is 33.5 Å². The van der Waals surface area contributed by atoms with Gasteiger partial charge in [0.15, 0.2) is 17.3 Å². The van der Waals surface area contributed by atoms with Crippen molar-refractivity contribution in [3.05, 3.63) is 53.6 Å². The van der Waals surface area contributed by atoms with Gasteiger partial charge in [0.2, 0.25) is 22.7 Å². The van der Waals surface area contributed by atoms with Gasteiger partial charge in [0.05, 0.1) is 10.6 Å². The van der Waals surface area contributed by atoms with Crippen molar-refractivity contribution in [2.75, 3.05) is 25.2 Å². The molecule has 0 atom stereocenters. The second kappa shape index (κ2) is 9.76. The lowest BCUT2D eigenvalue weighted by atomic mass is 10.1. The smallest absolute Gasteiger partial charge is 0.248 e. The molecule has 4 rings (SSSR count).